The maximum atomic E-state index is 12.7. The third kappa shape index (κ3) is 2.29. The van der Waals surface area contributed by atoms with Gasteiger partial charge in [0.2, 0.25) is 0 Å². The summed E-state index contributed by atoms with van der Waals surface area (Å²) in [6.07, 6.45) is 1.73. The van der Waals surface area contributed by atoms with E-state index in [1.807, 2.05) is 44.2 Å². The topological polar surface area (TPSA) is 81.3 Å². The molecule has 2 aromatic heterocycles. The average molecular weight is 348 g/mol. The molecule has 6 heteroatoms. The summed E-state index contributed by atoms with van der Waals surface area (Å²) in [4.78, 5) is 32.5. The molecule has 0 saturated carbocycles. The Labute approximate surface area is 150 Å². The number of hydrogen-bond donors (Lipinski definition) is 2. The number of carbonyl (C=O) groups is 1. The van der Waals surface area contributed by atoms with Gasteiger partial charge in [-0.25, -0.2) is 0 Å². The summed E-state index contributed by atoms with van der Waals surface area (Å²) in [6, 6.07) is 11.0. The number of amides is 1. The van der Waals surface area contributed by atoms with Crippen molar-refractivity contribution in [2.45, 2.75) is 19.9 Å². The number of para-hydroxylation sites is 1. The lowest BCUT2D eigenvalue weighted by atomic mass is 10.0. The zero-order chi connectivity index (χ0) is 18.3. The first-order valence-electron chi connectivity index (χ1n) is 8.81. The van der Waals surface area contributed by atoms with Crippen LogP contribution in [-0.2, 0) is 4.79 Å². The lowest BCUT2D eigenvalue weighted by molar-refractivity contribution is -0.132. The van der Waals surface area contributed by atoms with E-state index >= 15 is 0 Å². The Balaban J connectivity index is 1.90. The van der Waals surface area contributed by atoms with E-state index in [1.165, 1.54) is 0 Å². The Kier molecular flexibility index (Phi) is 3.95. The van der Waals surface area contributed by atoms with E-state index in [9.17, 15) is 9.70 Å². The first-order valence-corrected chi connectivity index (χ1v) is 8.81. The van der Waals surface area contributed by atoms with Crippen LogP contribution in [0.4, 0.5) is 0 Å². The first-order chi connectivity index (χ1) is 12.7. The Bertz CT molecular complexity index is 1120. The van der Waals surface area contributed by atoms with E-state index in [1.54, 1.807) is 11.1 Å². The van der Waals surface area contributed by atoms with Crippen LogP contribution in [0.5, 0.6) is 0 Å². The molecule has 0 fully saturated rings. The summed E-state index contributed by atoms with van der Waals surface area (Å²) in [5, 5.41) is 6.24. The minimum Gasteiger partial charge on any atom is -0.359 e. The van der Waals surface area contributed by atoms with Crippen molar-refractivity contribution in [1.29, 1.82) is 0 Å². The quantitative estimate of drug-likeness (QED) is 0.521. The molecule has 2 heterocycles. The van der Waals surface area contributed by atoms with E-state index in [0.29, 0.717) is 18.7 Å². The molecule has 2 N–H and O–H groups in total. The molecule has 2 aromatic carbocycles. The predicted octanol–water partition coefficient (Wildman–Crippen LogP) is 4.48. The number of fused-ring (bicyclic) bond motifs is 5. The zero-order valence-corrected chi connectivity index (χ0v) is 14.7. The van der Waals surface area contributed by atoms with Gasteiger partial charge in [-0.3, -0.25) is 4.79 Å². The molecule has 1 atom stereocenters. The van der Waals surface area contributed by atoms with Crippen molar-refractivity contribution >= 4 is 38.6 Å². The van der Waals surface area contributed by atoms with Crippen LogP contribution in [-0.4, -0.2) is 33.9 Å². The standard InChI is InChI=1S/C20H20N4O2/c1-3-24(4-2)20(25)19(23-26)15-11-21-17-14(15)10-9-13-12-7-5-6-8-16(12)22-18(13)17/h5-11,19,21-22H,3-4H2,1-2H3. The minimum atomic E-state index is -1.04. The highest BCUT2D eigenvalue weighted by atomic mass is 16.3. The normalized spacial score (nSPS) is 12.7. The number of likely N-dealkylation sites (N-methyl/N-ethyl adjacent to an activating group) is 1. The number of hydrogen-bond acceptors (Lipinski definition) is 3. The number of carbonyl (C=O) groups excluding carboxylic acids is 1. The fourth-order valence-electron chi connectivity index (χ4n) is 3.71. The van der Waals surface area contributed by atoms with Gasteiger partial charge in [0.25, 0.3) is 5.91 Å². The summed E-state index contributed by atoms with van der Waals surface area (Å²) in [5.41, 5.74) is 3.52. The van der Waals surface area contributed by atoms with E-state index in [-0.39, 0.29) is 5.91 Å². The summed E-state index contributed by atoms with van der Waals surface area (Å²) < 4.78 is 0. The number of aromatic amines is 2. The largest absolute Gasteiger partial charge is 0.359 e. The van der Waals surface area contributed by atoms with Crippen molar-refractivity contribution in [3.63, 3.8) is 0 Å². The highest BCUT2D eigenvalue weighted by Gasteiger charge is 2.28. The molecule has 0 radical (unpaired) electrons. The Morgan fingerprint density at radius 3 is 2.50 bits per heavy atom. The molecule has 0 aliphatic carbocycles. The van der Waals surface area contributed by atoms with Gasteiger partial charge < -0.3 is 14.9 Å². The van der Waals surface area contributed by atoms with Gasteiger partial charge in [-0.2, -0.15) is 0 Å². The van der Waals surface area contributed by atoms with Gasteiger partial charge in [-0.1, -0.05) is 35.5 Å². The third-order valence-electron chi connectivity index (χ3n) is 5.07. The van der Waals surface area contributed by atoms with Crippen molar-refractivity contribution in [3.05, 3.63) is 53.1 Å². The molecular weight excluding hydrogens is 328 g/mol. The summed E-state index contributed by atoms with van der Waals surface area (Å²) >= 11 is 0. The maximum absolute atomic E-state index is 12.7. The van der Waals surface area contributed by atoms with Crippen molar-refractivity contribution in [2.75, 3.05) is 13.1 Å². The highest BCUT2D eigenvalue weighted by molar-refractivity contribution is 6.16. The second-order valence-electron chi connectivity index (χ2n) is 6.34. The molecule has 0 spiro atoms. The number of nitrogens with zero attached hydrogens (tertiary/aromatic N) is 2. The van der Waals surface area contributed by atoms with Crippen LogP contribution in [0.1, 0.15) is 25.5 Å². The molecular formula is C20H20N4O2. The van der Waals surface area contributed by atoms with E-state index in [4.69, 9.17) is 0 Å². The van der Waals surface area contributed by atoms with Gasteiger partial charge >= 0.3 is 0 Å². The first kappa shape index (κ1) is 16.3. The van der Waals surface area contributed by atoms with Crippen LogP contribution in [0.15, 0.2) is 47.8 Å². The molecule has 0 aliphatic heterocycles. The second-order valence-corrected chi connectivity index (χ2v) is 6.34. The van der Waals surface area contributed by atoms with Crippen molar-refractivity contribution in [2.24, 2.45) is 5.18 Å². The van der Waals surface area contributed by atoms with Gasteiger partial charge in [0.05, 0.1) is 11.0 Å². The molecule has 0 aliphatic rings. The number of aromatic nitrogens is 2. The fourth-order valence-corrected chi connectivity index (χ4v) is 3.71. The smallest absolute Gasteiger partial charge is 0.255 e. The van der Waals surface area contributed by atoms with Crippen LogP contribution in [0.3, 0.4) is 0 Å². The van der Waals surface area contributed by atoms with Gasteiger partial charge in [0.15, 0.2) is 6.04 Å². The van der Waals surface area contributed by atoms with Crippen LogP contribution >= 0.6 is 0 Å². The molecule has 26 heavy (non-hydrogen) atoms. The fraction of sp³-hybridized carbons (Fsp3) is 0.250. The average Bonchev–Trinajstić information content (AvgIpc) is 3.25. The van der Waals surface area contributed by atoms with Crippen LogP contribution in [0.25, 0.3) is 32.7 Å². The van der Waals surface area contributed by atoms with Crippen molar-refractivity contribution in [3.8, 4) is 0 Å². The second kappa shape index (κ2) is 6.29. The number of benzene rings is 2. The number of nitrogens with one attached hydrogen (secondary N) is 2. The molecule has 0 bridgehead atoms. The zero-order valence-electron chi connectivity index (χ0n) is 14.7. The molecule has 0 saturated heterocycles. The summed E-state index contributed by atoms with van der Waals surface area (Å²) in [6.45, 7) is 4.89. The maximum Gasteiger partial charge on any atom is 0.255 e. The Morgan fingerprint density at radius 1 is 1.04 bits per heavy atom. The molecule has 1 unspecified atom stereocenters. The molecule has 132 valence electrons. The predicted molar refractivity (Wildman–Crippen MR) is 104 cm³/mol. The van der Waals surface area contributed by atoms with Crippen LogP contribution in [0.2, 0.25) is 0 Å². The van der Waals surface area contributed by atoms with Crippen LogP contribution in [0, 0.1) is 4.91 Å². The van der Waals surface area contributed by atoms with Crippen molar-refractivity contribution < 1.29 is 4.79 Å². The van der Waals surface area contributed by atoms with E-state index in [0.717, 1.165) is 32.7 Å². The van der Waals surface area contributed by atoms with E-state index < -0.39 is 6.04 Å². The van der Waals surface area contributed by atoms with Crippen LogP contribution < -0.4 is 0 Å². The number of nitroso groups, excluding NO2 is 1. The molecule has 4 rings (SSSR count). The van der Waals surface area contributed by atoms with E-state index in [2.05, 4.69) is 21.2 Å². The molecule has 4 aromatic rings. The van der Waals surface area contributed by atoms with Gasteiger partial charge in [0.1, 0.15) is 0 Å². The van der Waals surface area contributed by atoms with Gasteiger partial charge in [-0.05, 0) is 19.9 Å². The van der Waals surface area contributed by atoms with Crippen molar-refractivity contribution in [1.82, 2.24) is 14.9 Å². The highest BCUT2D eigenvalue weighted by Crippen LogP contribution is 2.35. The van der Waals surface area contributed by atoms with Gasteiger partial charge in [0, 0.05) is 46.5 Å². The summed E-state index contributed by atoms with van der Waals surface area (Å²) in [7, 11) is 0. The molecule has 6 nitrogen and oxygen atoms in total. The Morgan fingerprint density at radius 2 is 1.77 bits per heavy atom. The van der Waals surface area contributed by atoms with Gasteiger partial charge in [-0.15, -0.1) is 4.91 Å². The number of H-pyrrole nitrogens is 2. The number of rotatable bonds is 5. The SMILES string of the molecule is CCN(CC)C(=O)C(N=O)c1c[nH]c2c1ccc1c3ccccc3[nH]c12. The lowest BCUT2D eigenvalue weighted by Crippen LogP contribution is -2.34. The molecule has 1 amide bonds. The summed E-state index contributed by atoms with van der Waals surface area (Å²) in [5.74, 6) is -0.261. The minimum absolute atomic E-state index is 0.261. The monoisotopic (exact) mass is 348 g/mol. The Hall–Kier alpha value is -3.15. The third-order valence-corrected chi connectivity index (χ3v) is 5.07. The lowest BCUT2D eigenvalue weighted by Gasteiger charge is -2.21.